The molecule has 0 radical (unpaired) electrons. The van der Waals surface area contributed by atoms with Crippen LogP contribution in [-0.2, 0) is 9.53 Å². The van der Waals surface area contributed by atoms with Crippen molar-refractivity contribution in [2.24, 2.45) is 0 Å². The summed E-state index contributed by atoms with van der Waals surface area (Å²) in [6, 6.07) is 5.92. The molecule has 19 heavy (non-hydrogen) atoms. The van der Waals surface area contributed by atoms with Gasteiger partial charge in [0.2, 0.25) is 6.54 Å². The van der Waals surface area contributed by atoms with Crippen molar-refractivity contribution in [1.82, 2.24) is 0 Å². The smallest absolute Gasteiger partial charge is 0.337 e. The summed E-state index contributed by atoms with van der Waals surface area (Å²) in [5.41, 5.74) is 0.813. The molecule has 7 heteroatoms. The lowest BCUT2D eigenvalue weighted by molar-refractivity contribution is -0.483. The summed E-state index contributed by atoms with van der Waals surface area (Å²) in [6.45, 7) is -0.468. The van der Waals surface area contributed by atoms with Crippen molar-refractivity contribution in [2.75, 3.05) is 13.7 Å². The second-order valence-corrected chi connectivity index (χ2v) is 3.92. The molecule has 0 amide bonds. The average molecular weight is 267 g/mol. The number of hydrogen-bond acceptors (Lipinski definition) is 5. The number of hydrogen-bond donors (Lipinski definition) is 1. The summed E-state index contributed by atoms with van der Waals surface area (Å²) in [5, 5.41) is 19.3. The Hall–Kier alpha value is -2.44. The molecular weight excluding hydrogens is 254 g/mol. The van der Waals surface area contributed by atoms with Crippen molar-refractivity contribution >= 4 is 11.9 Å². The van der Waals surface area contributed by atoms with Crippen molar-refractivity contribution < 1.29 is 24.4 Å². The number of benzene rings is 1. The van der Waals surface area contributed by atoms with Gasteiger partial charge in [-0.25, -0.2) is 4.79 Å². The lowest BCUT2D eigenvalue weighted by Gasteiger charge is -2.11. The molecule has 7 nitrogen and oxygen atoms in total. The van der Waals surface area contributed by atoms with E-state index in [2.05, 4.69) is 4.74 Å². The van der Waals surface area contributed by atoms with Crippen LogP contribution < -0.4 is 0 Å². The van der Waals surface area contributed by atoms with Gasteiger partial charge in [0.15, 0.2) is 0 Å². The minimum atomic E-state index is -1.11. The third-order valence-corrected chi connectivity index (χ3v) is 2.59. The van der Waals surface area contributed by atoms with E-state index in [0.29, 0.717) is 11.1 Å². The van der Waals surface area contributed by atoms with Crippen LogP contribution in [0.15, 0.2) is 24.3 Å². The van der Waals surface area contributed by atoms with Crippen LogP contribution in [0, 0.1) is 10.1 Å². The van der Waals surface area contributed by atoms with Crippen LogP contribution in [0.3, 0.4) is 0 Å². The lowest BCUT2D eigenvalue weighted by Crippen LogP contribution is -2.16. The Bertz CT molecular complexity index is 465. The molecule has 1 unspecified atom stereocenters. The van der Waals surface area contributed by atoms with Crippen molar-refractivity contribution in [3.63, 3.8) is 0 Å². The van der Waals surface area contributed by atoms with Crippen molar-refractivity contribution in [2.45, 2.75) is 12.3 Å². The Balaban J connectivity index is 2.93. The van der Waals surface area contributed by atoms with Gasteiger partial charge in [0.1, 0.15) is 0 Å². The number of ether oxygens (including phenoxy) is 1. The second-order valence-electron chi connectivity index (χ2n) is 3.92. The Kier molecular flexibility index (Phi) is 4.99. The third kappa shape index (κ3) is 4.38. The fourth-order valence-electron chi connectivity index (χ4n) is 1.69. The standard InChI is InChI=1S/C12H13NO6/c1-19-12(16)9-4-2-8(3-5-9)10(6-11(14)15)7-13(17)18/h2-5,10H,6-7H2,1H3,(H,14,15). The molecule has 1 N–H and O–H groups in total. The number of methoxy groups -OCH3 is 1. The van der Waals surface area contributed by atoms with E-state index < -0.39 is 29.3 Å². The van der Waals surface area contributed by atoms with Gasteiger partial charge in [0, 0.05) is 4.92 Å². The number of carboxylic acid groups (broad SMARTS) is 1. The summed E-state index contributed by atoms with van der Waals surface area (Å²) in [7, 11) is 1.25. The third-order valence-electron chi connectivity index (χ3n) is 2.59. The van der Waals surface area contributed by atoms with E-state index in [1.54, 1.807) is 0 Å². The van der Waals surface area contributed by atoms with Gasteiger partial charge in [-0.3, -0.25) is 14.9 Å². The Labute approximate surface area is 109 Å². The molecule has 0 saturated heterocycles. The highest BCUT2D eigenvalue weighted by Gasteiger charge is 2.21. The van der Waals surface area contributed by atoms with Crippen LogP contribution in [0.25, 0.3) is 0 Å². The quantitative estimate of drug-likeness (QED) is 0.473. The molecular formula is C12H13NO6. The van der Waals surface area contributed by atoms with Gasteiger partial charge in [0.05, 0.1) is 25.0 Å². The van der Waals surface area contributed by atoms with Gasteiger partial charge in [0.25, 0.3) is 0 Å². The van der Waals surface area contributed by atoms with E-state index in [1.807, 2.05) is 0 Å². The molecule has 1 aromatic carbocycles. The van der Waals surface area contributed by atoms with E-state index in [9.17, 15) is 19.7 Å². The van der Waals surface area contributed by atoms with Gasteiger partial charge in [-0.2, -0.15) is 0 Å². The highest BCUT2D eigenvalue weighted by atomic mass is 16.6. The number of carbonyl (C=O) groups excluding carboxylic acids is 1. The molecule has 0 aliphatic carbocycles. The minimum absolute atomic E-state index is 0.307. The van der Waals surface area contributed by atoms with Gasteiger partial charge in [-0.15, -0.1) is 0 Å². The van der Waals surface area contributed by atoms with Crippen molar-refractivity contribution in [1.29, 1.82) is 0 Å². The zero-order valence-corrected chi connectivity index (χ0v) is 10.2. The molecule has 0 aliphatic rings. The van der Waals surface area contributed by atoms with E-state index in [4.69, 9.17) is 5.11 Å². The molecule has 1 atom stereocenters. The molecule has 0 aromatic heterocycles. The van der Waals surface area contributed by atoms with Crippen LogP contribution in [-0.4, -0.2) is 35.6 Å². The van der Waals surface area contributed by atoms with Crippen LogP contribution in [0.5, 0.6) is 0 Å². The molecule has 0 aliphatic heterocycles. The van der Waals surface area contributed by atoms with Gasteiger partial charge >= 0.3 is 11.9 Å². The maximum atomic E-state index is 11.2. The summed E-state index contributed by atoms with van der Waals surface area (Å²) in [6.07, 6.45) is -0.335. The minimum Gasteiger partial charge on any atom is -0.481 e. The Morgan fingerprint density at radius 1 is 1.37 bits per heavy atom. The van der Waals surface area contributed by atoms with E-state index in [1.165, 1.54) is 31.4 Å². The number of esters is 1. The van der Waals surface area contributed by atoms with Gasteiger partial charge in [-0.05, 0) is 17.7 Å². The van der Waals surface area contributed by atoms with Crippen LogP contribution in [0.1, 0.15) is 28.3 Å². The summed E-state index contributed by atoms with van der Waals surface area (Å²) in [5.74, 6) is -2.35. The van der Waals surface area contributed by atoms with Crippen LogP contribution in [0.2, 0.25) is 0 Å². The Morgan fingerprint density at radius 2 is 1.95 bits per heavy atom. The maximum Gasteiger partial charge on any atom is 0.337 e. The first-order valence-electron chi connectivity index (χ1n) is 5.46. The molecule has 102 valence electrons. The average Bonchev–Trinajstić information content (AvgIpc) is 2.36. The number of nitrogens with zero attached hydrogens (tertiary/aromatic N) is 1. The van der Waals surface area contributed by atoms with Gasteiger partial charge < -0.3 is 9.84 Å². The highest BCUT2D eigenvalue weighted by Crippen LogP contribution is 2.21. The predicted octanol–water partition coefficient (Wildman–Crippen LogP) is 1.31. The molecule has 0 saturated carbocycles. The normalized spacial score (nSPS) is 11.6. The maximum absolute atomic E-state index is 11.2. The van der Waals surface area contributed by atoms with E-state index in [0.717, 1.165) is 0 Å². The molecule has 0 fully saturated rings. The molecule has 1 rings (SSSR count). The topological polar surface area (TPSA) is 107 Å². The Morgan fingerprint density at radius 3 is 2.37 bits per heavy atom. The largest absolute Gasteiger partial charge is 0.481 e. The van der Waals surface area contributed by atoms with E-state index in [-0.39, 0.29) is 6.42 Å². The zero-order chi connectivity index (χ0) is 14.4. The number of carbonyl (C=O) groups is 2. The van der Waals surface area contributed by atoms with Crippen LogP contribution >= 0.6 is 0 Å². The lowest BCUT2D eigenvalue weighted by atomic mass is 9.95. The second kappa shape index (κ2) is 6.48. The van der Waals surface area contributed by atoms with Crippen molar-refractivity contribution in [3.8, 4) is 0 Å². The number of carboxylic acids is 1. The molecule has 1 aromatic rings. The fourth-order valence-corrected chi connectivity index (χ4v) is 1.69. The first-order valence-corrected chi connectivity index (χ1v) is 5.46. The van der Waals surface area contributed by atoms with Gasteiger partial charge in [-0.1, -0.05) is 12.1 Å². The number of nitro groups is 1. The number of aliphatic carboxylic acids is 1. The summed E-state index contributed by atoms with van der Waals surface area (Å²) < 4.78 is 4.52. The predicted molar refractivity (Wildman–Crippen MR) is 64.6 cm³/mol. The highest BCUT2D eigenvalue weighted by molar-refractivity contribution is 5.89. The number of rotatable bonds is 6. The van der Waals surface area contributed by atoms with Crippen molar-refractivity contribution in [3.05, 3.63) is 45.5 Å². The zero-order valence-electron chi connectivity index (χ0n) is 10.2. The van der Waals surface area contributed by atoms with E-state index >= 15 is 0 Å². The molecule has 0 bridgehead atoms. The summed E-state index contributed by atoms with van der Waals surface area (Å²) >= 11 is 0. The first kappa shape index (κ1) is 14.6. The molecule has 0 spiro atoms. The monoisotopic (exact) mass is 267 g/mol. The molecule has 0 heterocycles. The summed E-state index contributed by atoms with van der Waals surface area (Å²) in [4.78, 5) is 31.9. The van der Waals surface area contributed by atoms with Crippen LogP contribution in [0.4, 0.5) is 0 Å². The fraction of sp³-hybridized carbons (Fsp3) is 0.333. The first-order chi connectivity index (χ1) is 8.93. The SMILES string of the molecule is COC(=O)c1ccc(C(CC(=O)O)C[N+](=O)[O-])cc1.